The van der Waals surface area contributed by atoms with E-state index in [1.807, 2.05) is 6.92 Å². The molecule has 23 heavy (non-hydrogen) atoms. The molecule has 0 aromatic carbocycles. The van der Waals surface area contributed by atoms with Crippen LogP contribution in [0.1, 0.15) is 20.3 Å². The summed E-state index contributed by atoms with van der Waals surface area (Å²) in [5.74, 6) is 1.01. The zero-order valence-corrected chi connectivity index (χ0v) is 17.4. The first-order valence-electron chi connectivity index (χ1n) is 8.10. The van der Waals surface area contributed by atoms with Crippen molar-refractivity contribution in [1.82, 2.24) is 15.5 Å². The summed E-state index contributed by atoms with van der Waals surface area (Å²) in [6.07, 6.45) is 0.990. The van der Waals surface area contributed by atoms with E-state index in [4.69, 9.17) is 4.74 Å². The molecule has 1 heterocycles. The highest BCUT2D eigenvalue weighted by atomic mass is 127. The molecule has 9 heteroatoms. The van der Waals surface area contributed by atoms with Gasteiger partial charge in [0.25, 0.3) is 0 Å². The molecule has 138 valence electrons. The highest BCUT2D eigenvalue weighted by molar-refractivity contribution is 14.0. The van der Waals surface area contributed by atoms with Crippen molar-refractivity contribution in [2.75, 3.05) is 64.0 Å². The number of hydrogen-bond acceptors (Lipinski definition) is 5. The van der Waals surface area contributed by atoms with Gasteiger partial charge in [-0.25, -0.2) is 8.42 Å². The number of aliphatic imine (C=N–C) groups is 1. The maximum atomic E-state index is 11.5. The summed E-state index contributed by atoms with van der Waals surface area (Å²) in [6, 6.07) is 0. The summed E-state index contributed by atoms with van der Waals surface area (Å²) < 4.78 is 28.2. The Morgan fingerprint density at radius 3 is 2.52 bits per heavy atom. The summed E-state index contributed by atoms with van der Waals surface area (Å²) in [4.78, 5) is 6.87. The van der Waals surface area contributed by atoms with Crippen molar-refractivity contribution < 1.29 is 13.2 Å². The van der Waals surface area contributed by atoms with E-state index >= 15 is 0 Å². The minimum atomic E-state index is -2.93. The zero-order chi connectivity index (χ0) is 16.3. The molecule has 0 saturated carbocycles. The largest absolute Gasteiger partial charge is 0.379 e. The van der Waals surface area contributed by atoms with Crippen molar-refractivity contribution >= 4 is 39.8 Å². The van der Waals surface area contributed by atoms with Crippen molar-refractivity contribution in [1.29, 1.82) is 0 Å². The van der Waals surface area contributed by atoms with Crippen molar-refractivity contribution in [3.05, 3.63) is 0 Å². The Labute approximate surface area is 157 Å². The summed E-state index contributed by atoms with van der Waals surface area (Å²) in [5, 5.41) is 6.21. The van der Waals surface area contributed by atoms with Crippen LogP contribution in [-0.2, 0) is 14.6 Å². The fourth-order valence-corrected chi connectivity index (χ4v) is 2.82. The minimum absolute atomic E-state index is 0. The van der Waals surface area contributed by atoms with Crippen LogP contribution in [0.2, 0.25) is 0 Å². The number of morpholine rings is 1. The molecule has 0 aromatic rings. The number of halogens is 1. The molecule has 1 aliphatic rings. The third kappa shape index (κ3) is 11.1. The topological polar surface area (TPSA) is 83.0 Å². The van der Waals surface area contributed by atoms with E-state index in [1.165, 1.54) is 0 Å². The van der Waals surface area contributed by atoms with Crippen LogP contribution < -0.4 is 10.6 Å². The fraction of sp³-hybridized carbons (Fsp3) is 0.929. The Morgan fingerprint density at radius 2 is 1.91 bits per heavy atom. The van der Waals surface area contributed by atoms with Gasteiger partial charge in [0, 0.05) is 45.0 Å². The van der Waals surface area contributed by atoms with Gasteiger partial charge in [0.15, 0.2) is 15.8 Å². The van der Waals surface area contributed by atoms with Gasteiger partial charge in [-0.15, -0.1) is 24.0 Å². The number of sulfone groups is 1. The second kappa shape index (κ2) is 13.2. The van der Waals surface area contributed by atoms with Gasteiger partial charge in [0.05, 0.1) is 19.0 Å². The number of ether oxygens (including phenoxy) is 1. The van der Waals surface area contributed by atoms with Crippen molar-refractivity contribution in [2.45, 2.75) is 20.3 Å². The maximum Gasteiger partial charge on any atom is 0.191 e. The van der Waals surface area contributed by atoms with E-state index in [9.17, 15) is 8.42 Å². The van der Waals surface area contributed by atoms with Gasteiger partial charge >= 0.3 is 0 Å². The van der Waals surface area contributed by atoms with Crippen LogP contribution in [0, 0.1) is 0 Å². The molecule has 0 spiro atoms. The monoisotopic (exact) mass is 462 g/mol. The normalized spacial score (nSPS) is 16.7. The first-order chi connectivity index (χ1) is 10.6. The van der Waals surface area contributed by atoms with Crippen LogP contribution in [0.3, 0.4) is 0 Å². The van der Waals surface area contributed by atoms with Crippen molar-refractivity contribution in [3.8, 4) is 0 Å². The second-order valence-corrected chi connectivity index (χ2v) is 7.70. The predicted octanol–water partition coefficient (Wildman–Crippen LogP) is 0.317. The third-order valence-electron chi connectivity index (χ3n) is 3.50. The van der Waals surface area contributed by atoms with Gasteiger partial charge < -0.3 is 15.4 Å². The molecule has 1 aliphatic heterocycles. The Hall–Kier alpha value is -0.130. The van der Waals surface area contributed by atoms with Gasteiger partial charge in [-0.05, 0) is 13.3 Å². The first-order valence-corrected chi connectivity index (χ1v) is 9.92. The number of rotatable bonds is 9. The lowest BCUT2D eigenvalue weighted by atomic mass is 10.3. The van der Waals surface area contributed by atoms with Crippen molar-refractivity contribution in [3.63, 3.8) is 0 Å². The summed E-state index contributed by atoms with van der Waals surface area (Å²) in [6.45, 7) is 10.2. The Balaban J connectivity index is 0.00000484. The van der Waals surface area contributed by atoms with Crippen LogP contribution in [0.5, 0.6) is 0 Å². The lowest BCUT2D eigenvalue weighted by molar-refractivity contribution is 0.0377. The molecule has 0 aromatic heterocycles. The average molecular weight is 462 g/mol. The van der Waals surface area contributed by atoms with E-state index in [0.29, 0.717) is 12.5 Å². The lowest BCUT2D eigenvalue weighted by Crippen LogP contribution is -2.40. The molecule has 0 radical (unpaired) electrons. The SMILES string of the molecule is CCNC(=NCCCN1CCOCC1)NCCS(=O)(=O)CC.I. The Kier molecular flexibility index (Phi) is 13.1. The number of nitrogens with one attached hydrogen (secondary N) is 2. The molecule has 0 atom stereocenters. The molecular weight excluding hydrogens is 431 g/mol. The first kappa shape index (κ1) is 22.9. The minimum Gasteiger partial charge on any atom is -0.379 e. The fourth-order valence-electron chi connectivity index (χ4n) is 2.12. The van der Waals surface area contributed by atoms with Crippen LogP contribution in [-0.4, -0.2) is 83.3 Å². The molecule has 0 amide bonds. The molecule has 1 saturated heterocycles. The number of nitrogens with zero attached hydrogens (tertiary/aromatic N) is 2. The van der Waals surface area contributed by atoms with E-state index in [0.717, 1.165) is 52.4 Å². The van der Waals surface area contributed by atoms with Gasteiger partial charge in [0.2, 0.25) is 0 Å². The Morgan fingerprint density at radius 1 is 1.22 bits per heavy atom. The summed E-state index contributed by atoms with van der Waals surface area (Å²) in [5.41, 5.74) is 0. The van der Waals surface area contributed by atoms with E-state index in [2.05, 4.69) is 20.5 Å². The molecule has 0 bridgehead atoms. The molecule has 1 fully saturated rings. The van der Waals surface area contributed by atoms with Crippen LogP contribution in [0.25, 0.3) is 0 Å². The standard InChI is InChI=1S/C14H30N4O3S.HI/c1-3-15-14(17-7-13-22(19,20)4-2)16-6-5-8-18-9-11-21-12-10-18;/h3-13H2,1-2H3,(H2,15,16,17);1H. The highest BCUT2D eigenvalue weighted by Crippen LogP contribution is 1.98. The molecular formula is C14H31IN4O3S. The van der Waals surface area contributed by atoms with E-state index in [-0.39, 0.29) is 35.5 Å². The van der Waals surface area contributed by atoms with E-state index < -0.39 is 9.84 Å². The molecule has 0 unspecified atom stereocenters. The summed E-state index contributed by atoms with van der Waals surface area (Å²) >= 11 is 0. The number of guanidine groups is 1. The van der Waals surface area contributed by atoms with E-state index in [1.54, 1.807) is 6.92 Å². The smallest absolute Gasteiger partial charge is 0.191 e. The molecule has 1 rings (SSSR count). The zero-order valence-electron chi connectivity index (χ0n) is 14.2. The van der Waals surface area contributed by atoms with Gasteiger partial charge in [0.1, 0.15) is 0 Å². The summed E-state index contributed by atoms with van der Waals surface area (Å²) in [7, 11) is -2.93. The molecule has 2 N–H and O–H groups in total. The second-order valence-electron chi connectivity index (χ2n) is 5.23. The third-order valence-corrected chi connectivity index (χ3v) is 5.20. The predicted molar refractivity (Wildman–Crippen MR) is 106 cm³/mol. The van der Waals surface area contributed by atoms with Crippen molar-refractivity contribution in [2.24, 2.45) is 4.99 Å². The lowest BCUT2D eigenvalue weighted by Gasteiger charge is -2.26. The highest BCUT2D eigenvalue weighted by Gasteiger charge is 2.09. The molecule has 7 nitrogen and oxygen atoms in total. The van der Waals surface area contributed by atoms with Gasteiger partial charge in [-0.1, -0.05) is 6.92 Å². The Bertz CT molecular complexity index is 426. The van der Waals surface area contributed by atoms with Gasteiger partial charge in [-0.2, -0.15) is 0 Å². The van der Waals surface area contributed by atoms with Crippen LogP contribution in [0.4, 0.5) is 0 Å². The maximum absolute atomic E-state index is 11.5. The quantitative estimate of drug-likeness (QED) is 0.222. The molecule has 0 aliphatic carbocycles. The van der Waals surface area contributed by atoms with Gasteiger partial charge in [-0.3, -0.25) is 9.89 Å². The number of hydrogen-bond donors (Lipinski definition) is 2. The van der Waals surface area contributed by atoms with Crippen LogP contribution in [0.15, 0.2) is 4.99 Å². The van der Waals surface area contributed by atoms with Crippen LogP contribution >= 0.6 is 24.0 Å². The average Bonchev–Trinajstić information content (AvgIpc) is 2.52.